The molecule has 4 amide bonds. The molecule has 314 valence electrons. The van der Waals surface area contributed by atoms with Gasteiger partial charge < -0.3 is 20.3 Å². The van der Waals surface area contributed by atoms with Crippen molar-refractivity contribution in [3.63, 3.8) is 0 Å². The number of thiazole rings is 1. The number of allylic oxidation sites excluding steroid dienone is 1. The van der Waals surface area contributed by atoms with Crippen LogP contribution in [0, 0.1) is 11.7 Å². The summed E-state index contributed by atoms with van der Waals surface area (Å²) in [4.78, 5) is 63.3. The molecule has 59 heavy (non-hydrogen) atoms. The lowest BCUT2D eigenvalue weighted by atomic mass is 10.1. The second kappa shape index (κ2) is 15.9. The van der Waals surface area contributed by atoms with Crippen molar-refractivity contribution in [1.29, 1.82) is 0 Å². The second-order valence-corrected chi connectivity index (χ2v) is 18.6. The molecule has 0 spiro atoms. The average molecular weight is 859 g/mol. The van der Waals surface area contributed by atoms with E-state index in [1.807, 2.05) is 6.08 Å². The largest absolute Gasteiger partial charge is 0.444 e. The molecule has 2 saturated carbocycles. The molecule has 5 atom stereocenters. The zero-order valence-electron chi connectivity index (χ0n) is 31.7. The fourth-order valence-corrected chi connectivity index (χ4v) is 10.2. The Balaban J connectivity index is 1.06. The second-order valence-electron chi connectivity index (χ2n) is 15.8. The maximum atomic E-state index is 14.7. The molecule has 5 aliphatic rings. The zero-order chi connectivity index (χ0) is 41.7. The molecule has 0 unspecified atom stereocenters. The number of anilines is 1. The van der Waals surface area contributed by atoms with E-state index in [2.05, 4.69) is 20.3 Å². The number of aromatic nitrogens is 1. The Morgan fingerprint density at radius 1 is 1.03 bits per heavy atom. The molecule has 3 fully saturated rings. The van der Waals surface area contributed by atoms with Crippen LogP contribution in [0.4, 0.5) is 27.5 Å². The van der Waals surface area contributed by atoms with Gasteiger partial charge in [0, 0.05) is 35.4 Å². The van der Waals surface area contributed by atoms with Crippen LogP contribution in [0.25, 0.3) is 11.3 Å². The number of nitrogens with zero attached hydrogens (tertiary/aromatic N) is 3. The molecule has 2 aliphatic carbocycles. The molecule has 3 N–H and O–H groups in total. The summed E-state index contributed by atoms with van der Waals surface area (Å²) < 4.78 is 88.6. The summed E-state index contributed by atoms with van der Waals surface area (Å²) in [5.41, 5.74) is -0.935. The van der Waals surface area contributed by atoms with Crippen molar-refractivity contribution in [2.75, 3.05) is 11.9 Å². The number of amides is 4. The lowest BCUT2D eigenvalue weighted by Crippen LogP contribution is -2.57. The van der Waals surface area contributed by atoms with Gasteiger partial charge in [0.1, 0.15) is 29.5 Å². The fourth-order valence-electron chi connectivity index (χ4n) is 8.05. The van der Waals surface area contributed by atoms with Gasteiger partial charge in [0.05, 0.1) is 29.6 Å². The molecule has 13 nitrogen and oxygen atoms in total. The third kappa shape index (κ3) is 8.67. The maximum Gasteiger partial charge on any atom is 0.416 e. The number of sulfonamides is 1. The first-order valence-corrected chi connectivity index (χ1v) is 22.0. The van der Waals surface area contributed by atoms with Crippen molar-refractivity contribution in [3.8, 4) is 11.3 Å². The number of ether oxygens (including phenoxy) is 1. The standard InChI is InChI=1S/C40H42F4N6O7S2/c41-30-12-7-9-24-19-49(21-29(24)30)38(54)57-27-17-33-34(51)47-39(36(53)48-59(55,56)28-14-15-28)18-26(39)10-4-2-1-3-5-13-31(35(52)50(33)20-27)45-37-46-32(22-58-37)23-8-6-11-25(16-23)40(42,43)44/h4,6-12,16,22,26-28,31,33H,1-3,5,13-15,17-21H2,(H,45,46)(H,47,51)(H,48,53)/b10-4-/t26-,27-,31+,33+,39-/m1/s1. The highest BCUT2D eigenvalue weighted by Crippen LogP contribution is 2.46. The minimum Gasteiger partial charge on any atom is -0.444 e. The van der Waals surface area contributed by atoms with Crippen LogP contribution in [0.2, 0.25) is 0 Å². The SMILES string of the molecule is O=C1N[C@]2(C(=O)NS(=O)(=O)C3CC3)C[C@H]2/C=C\CCCCC[C@H](Nc2nc(-c3cccc(C(F)(F)F)c3)cs2)C(=O)N2C[C@H](OC(=O)N3Cc4cccc(F)c4C3)C[C@@H]12. The van der Waals surface area contributed by atoms with Gasteiger partial charge in [-0.25, -0.2) is 22.6 Å². The summed E-state index contributed by atoms with van der Waals surface area (Å²) in [6.07, 6.45) is 1.16. The summed E-state index contributed by atoms with van der Waals surface area (Å²) in [6.45, 7) is -0.134. The molecule has 3 aromatic rings. The summed E-state index contributed by atoms with van der Waals surface area (Å²) in [6, 6.07) is 7.09. The van der Waals surface area contributed by atoms with E-state index in [0.717, 1.165) is 29.9 Å². The number of hydrogen-bond acceptors (Lipinski definition) is 10. The van der Waals surface area contributed by atoms with Crippen molar-refractivity contribution in [3.05, 3.63) is 82.5 Å². The molecular weight excluding hydrogens is 817 g/mol. The first-order valence-electron chi connectivity index (χ1n) is 19.6. The van der Waals surface area contributed by atoms with Gasteiger partial charge in [-0.15, -0.1) is 11.3 Å². The van der Waals surface area contributed by atoms with Crippen LogP contribution in [-0.2, 0) is 48.4 Å². The van der Waals surface area contributed by atoms with E-state index in [4.69, 9.17) is 4.74 Å². The van der Waals surface area contributed by atoms with Crippen LogP contribution in [0.3, 0.4) is 0 Å². The molecular formula is C40H42F4N6O7S2. The minimum absolute atomic E-state index is 0.0291. The van der Waals surface area contributed by atoms with Crippen LogP contribution < -0.4 is 15.4 Å². The number of alkyl halides is 3. The van der Waals surface area contributed by atoms with Crippen molar-refractivity contribution >= 4 is 50.3 Å². The van der Waals surface area contributed by atoms with Crippen LogP contribution in [0.15, 0.2) is 60.0 Å². The molecule has 8 rings (SSSR count). The first kappa shape index (κ1) is 40.7. The van der Waals surface area contributed by atoms with Crippen molar-refractivity contribution in [2.24, 2.45) is 5.92 Å². The summed E-state index contributed by atoms with van der Waals surface area (Å²) >= 11 is 1.10. The number of fused-ring (bicyclic) bond motifs is 3. The highest BCUT2D eigenvalue weighted by molar-refractivity contribution is 7.91. The van der Waals surface area contributed by atoms with E-state index in [0.29, 0.717) is 49.7 Å². The Morgan fingerprint density at radius 2 is 1.83 bits per heavy atom. The number of hydrogen-bond donors (Lipinski definition) is 3. The maximum absolute atomic E-state index is 14.7. The molecule has 1 saturated heterocycles. The van der Waals surface area contributed by atoms with Crippen molar-refractivity contribution in [2.45, 2.75) is 106 Å². The predicted molar refractivity (Wildman–Crippen MR) is 207 cm³/mol. The first-order chi connectivity index (χ1) is 28.1. The molecule has 0 bridgehead atoms. The van der Waals surface area contributed by atoms with Crippen molar-refractivity contribution in [1.82, 2.24) is 24.8 Å². The molecule has 19 heteroatoms. The Kier molecular flexibility index (Phi) is 10.9. The number of nitrogens with one attached hydrogen (secondary N) is 3. The normalized spacial score (nSPS) is 26.7. The predicted octanol–water partition coefficient (Wildman–Crippen LogP) is 5.87. The van der Waals surface area contributed by atoms with E-state index < -0.39 is 86.3 Å². The molecule has 4 heterocycles. The van der Waals surface area contributed by atoms with Gasteiger partial charge in [0.25, 0.3) is 5.91 Å². The Morgan fingerprint density at radius 3 is 2.59 bits per heavy atom. The lowest BCUT2D eigenvalue weighted by Gasteiger charge is -2.29. The number of benzene rings is 2. The highest BCUT2D eigenvalue weighted by Gasteiger charge is 2.62. The van der Waals surface area contributed by atoms with Crippen LogP contribution in [0.1, 0.15) is 74.5 Å². The molecule has 3 aliphatic heterocycles. The van der Waals surface area contributed by atoms with Gasteiger partial charge in [0.15, 0.2) is 5.13 Å². The van der Waals surface area contributed by atoms with E-state index >= 15 is 0 Å². The van der Waals surface area contributed by atoms with E-state index in [1.54, 1.807) is 23.6 Å². The quantitative estimate of drug-likeness (QED) is 0.195. The summed E-state index contributed by atoms with van der Waals surface area (Å²) in [5.74, 6) is -3.10. The van der Waals surface area contributed by atoms with Gasteiger partial charge in [-0.05, 0) is 62.3 Å². The highest BCUT2D eigenvalue weighted by atomic mass is 32.2. The number of rotatable bonds is 7. The smallest absolute Gasteiger partial charge is 0.416 e. The Labute approximate surface area is 341 Å². The van der Waals surface area contributed by atoms with Gasteiger partial charge in [0.2, 0.25) is 21.8 Å². The number of carbonyl (C=O) groups excluding carboxylic acids is 4. The minimum atomic E-state index is -4.56. The summed E-state index contributed by atoms with van der Waals surface area (Å²) in [5, 5.41) is 7.09. The molecule has 2 aromatic carbocycles. The van der Waals surface area contributed by atoms with Gasteiger partial charge in [-0.1, -0.05) is 49.3 Å². The average Bonchev–Trinajstić information content (AvgIpc) is 3.99. The Bertz CT molecular complexity index is 2300. The van der Waals surface area contributed by atoms with E-state index in [1.165, 1.54) is 28.0 Å². The van der Waals surface area contributed by atoms with Crippen LogP contribution >= 0.6 is 11.3 Å². The van der Waals surface area contributed by atoms with Gasteiger partial charge >= 0.3 is 12.3 Å². The fraction of sp³-hybridized carbons (Fsp3) is 0.475. The van der Waals surface area contributed by atoms with Gasteiger partial charge in [-0.3, -0.25) is 24.0 Å². The third-order valence-electron chi connectivity index (χ3n) is 11.6. The van der Waals surface area contributed by atoms with E-state index in [9.17, 15) is 45.2 Å². The summed E-state index contributed by atoms with van der Waals surface area (Å²) in [7, 11) is -3.96. The lowest BCUT2D eigenvalue weighted by molar-refractivity contribution is -0.140. The van der Waals surface area contributed by atoms with Crippen LogP contribution in [0.5, 0.6) is 0 Å². The Hall–Kier alpha value is -5.04. The number of carbonyl (C=O) groups is 4. The van der Waals surface area contributed by atoms with Crippen molar-refractivity contribution < 1.29 is 49.9 Å². The van der Waals surface area contributed by atoms with E-state index in [-0.39, 0.29) is 48.9 Å². The molecule has 1 aromatic heterocycles. The molecule has 0 radical (unpaired) electrons. The number of halogens is 4. The topological polar surface area (TPSA) is 167 Å². The van der Waals surface area contributed by atoms with Gasteiger partial charge in [-0.2, -0.15) is 13.2 Å². The third-order valence-corrected chi connectivity index (χ3v) is 14.2. The monoisotopic (exact) mass is 858 g/mol. The van der Waals surface area contributed by atoms with Crippen LogP contribution in [-0.4, -0.2) is 82.5 Å². The zero-order valence-corrected chi connectivity index (χ0v) is 33.3.